The summed E-state index contributed by atoms with van der Waals surface area (Å²) in [5, 5.41) is 2.93. The minimum Gasteiger partial charge on any atom is -0.354 e. The highest BCUT2D eigenvalue weighted by molar-refractivity contribution is 5.81. The van der Waals surface area contributed by atoms with Gasteiger partial charge in [0.15, 0.2) is 0 Å². The van der Waals surface area contributed by atoms with Crippen molar-refractivity contribution in [3.8, 4) is 0 Å². The SMILES string of the molecule is N[C@@H](C(=O)NCC1CC1)C1CCC1. The number of hydrogen-bond acceptors (Lipinski definition) is 2. The smallest absolute Gasteiger partial charge is 0.237 e. The third kappa shape index (κ3) is 2.21. The lowest BCUT2D eigenvalue weighted by Crippen LogP contribution is -2.48. The highest BCUT2D eigenvalue weighted by Crippen LogP contribution is 2.29. The first-order valence-corrected chi connectivity index (χ1v) is 5.30. The molecule has 2 aliphatic rings. The van der Waals surface area contributed by atoms with Crippen molar-refractivity contribution in [3.63, 3.8) is 0 Å². The molecule has 3 N–H and O–H groups in total. The number of hydrogen-bond donors (Lipinski definition) is 2. The first-order chi connectivity index (χ1) is 6.27. The molecule has 0 aromatic heterocycles. The molecule has 0 heterocycles. The summed E-state index contributed by atoms with van der Waals surface area (Å²) in [6, 6.07) is -0.243. The summed E-state index contributed by atoms with van der Waals surface area (Å²) in [5.74, 6) is 1.27. The fraction of sp³-hybridized carbons (Fsp3) is 0.900. The molecule has 1 amide bonds. The average molecular weight is 182 g/mol. The monoisotopic (exact) mass is 182 g/mol. The molecule has 0 aliphatic heterocycles. The van der Waals surface area contributed by atoms with E-state index in [0.717, 1.165) is 25.3 Å². The van der Waals surface area contributed by atoms with Crippen LogP contribution in [0.15, 0.2) is 0 Å². The molecule has 0 saturated heterocycles. The molecule has 0 bridgehead atoms. The molecule has 2 aliphatic carbocycles. The van der Waals surface area contributed by atoms with E-state index in [1.165, 1.54) is 19.3 Å². The lowest BCUT2D eigenvalue weighted by atomic mass is 9.80. The van der Waals surface area contributed by atoms with Crippen molar-refractivity contribution in [1.29, 1.82) is 0 Å². The van der Waals surface area contributed by atoms with Crippen LogP contribution >= 0.6 is 0 Å². The van der Waals surface area contributed by atoms with Gasteiger partial charge < -0.3 is 11.1 Å². The Balaban J connectivity index is 1.67. The maximum Gasteiger partial charge on any atom is 0.237 e. The second kappa shape index (κ2) is 3.66. The van der Waals surface area contributed by atoms with E-state index in [-0.39, 0.29) is 11.9 Å². The van der Waals surface area contributed by atoms with E-state index in [9.17, 15) is 4.79 Å². The first-order valence-electron chi connectivity index (χ1n) is 5.30. The first kappa shape index (κ1) is 9.00. The molecule has 0 spiro atoms. The van der Waals surface area contributed by atoms with E-state index in [1.807, 2.05) is 0 Å². The molecule has 2 rings (SSSR count). The van der Waals surface area contributed by atoms with Gasteiger partial charge in [0, 0.05) is 6.54 Å². The van der Waals surface area contributed by atoms with E-state index in [4.69, 9.17) is 5.73 Å². The fourth-order valence-electron chi connectivity index (χ4n) is 1.70. The van der Waals surface area contributed by atoms with Crippen LogP contribution in [0.5, 0.6) is 0 Å². The summed E-state index contributed by atoms with van der Waals surface area (Å²) in [6.45, 7) is 0.846. The van der Waals surface area contributed by atoms with Gasteiger partial charge in [-0.3, -0.25) is 4.79 Å². The Labute approximate surface area is 79.1 Å². The van der Waals surface area contributed by atoms with Gasteiger partial charge >= 0.3 is 0 Å². The van der Waals surface area contributed by atoms with Gasteiger partial charge in [0.05, 0.1) is 6.04 Å². The maximum absolute atomic E-state index is 11.5. The van der Waals surface area contributed by atoms with Crippen molar-refractivity contribution in [2.24, 2.45) is 17.6 Å². The highest BCUT2D eigenvalue weighted by Gasteiger charge is 2.30. The zero-order valence-corrected chi connectivity index (χ0v) is 7.96. The van der Waals surface area contributed by atoms with E-state index in [0.29, 0.717) is 5.92 Å². The van der Waals surface area contributed by atoms with Crippen LogP contribution in [0.3, 0.4) is 0 Å². The normalized spacial score (nSPS) is 25.0. The van der Waals surface area contributed by atoms with E-state index in [1.54, 1.807) is 0 Å². The molecule has 0 unspecified atom stereocenters. The van der Waals surface area contributed by atoms with Crippen molar-refractivity contribution < 1.29 is 4.79 Å². The molecule has 3 nitrogen and oxygen atoms in total. The Morgan fingerprint density at radius 3 is 2.54 bits per heavy atom. The summed E-state index contributed by atoms with van der Waals surface area (Å²) >= 11 is 0. The second-order valence-corrected chi connectivity index (χ2v) is 4.41. The third-order valence-electron chi connectivity index (χ3n) is 3.22. The predicted molar refractivity (Wildman–Crippen MR) is 51.1 cm³/mol. The summed E-state index contributed by atoms with van der Waals surface area (Å²) in [6.07, 6.45) is 6.07. The number of rotatable bonds is 4. The number of carbonyl (C=O) groups is 1. The van der Waals surface area contributed by atoms with Gasteiger partial charge in [0.25, 0.3) is 0 Å². The molecule has 3 heteroatoms. The van der Waals surface area contributed by atoms with Gasteiger partial charge in [0.1, 0.15) is 0 Å². The molecule has 2 fully saturated rings. The average Bonchev–Trinajstić information content (AvgIpc) is 2.79. The molecular weight excluding hydrogens is 164 g/mol. The van der Waals surface area contributed by atoms with Gasteiger partial charge in [-0.05, 0) is 37.5 Å². The van der Waals surface area contributed by atoms with Crippen molar-refractivity contribution in [2.75, 3.05) is 6.54 Å². The van der Waals surface area contributed by atoms with Crippen molar-refractivity contribution in [2.45, 2.75) is 38.1 Å². The van der Waals surface area contributed by atoms with Gasteiger partial charge in [-0.15, -0.1) is 0 Å². The minimum absolute atomic E-state index is 0.0663. The molecule has 74 valence electrons. The molecule has 13 heavy (non-hydrogen) atoms. The molecule has 0 aromatic rings. The number of nitrogens with one attached hydrogen (secondary N) is 1. The van der Waals surface area contributed by atoms with Crippen LogP contribution in [-0.2, 0) is 4.79 Å². The summed E-state index contributed by atoms with van der Waals surface area (Å²) in [4.78, 5) is 11.5. The van der Waals surface area contributed by atoms with Gasteiger partial charge in [-0.2, -0.15) is 0 Å². The molecule has 1 atom stereocenters. The van der Waals surface area contributed by atoms with E-state index < -0.39 is 0 Å². The van der Waals surface area contributed by atoms with Crippen molar-refractivity contribution >= 4 is 5.91 Å². The third-order valence-corrected chi connectivity index (χ3v) is 3.22. The molecule has 0 radical (unpaired) electrons. The van der Waals surface area contributed by atoms with Gasteiger partial charge in [-0.25, -0.2) is 0 Å². The Bertz CT molecular complexity index is 197. The highest BCUT2D eigenvalue weighted by atomic mass is 16.2. The standard InChI is InChI=1S/C10H18N2O/c11-9(8-2-1-3-8)10(13)12-6-7-4-5-7/h7-9H,1-6,11H2,(H,12,13)/t9-/m1/s1. The van der Waals surface area contributed by atoms with Crippen molar-refractivity contribution in [3.05, 3.63) is 0 Å². The maximum atomic E-state index is 11.5. The largest absolute Gasteiger partial charge is 0.354 e. The lowest BCUT2D eigenvalue weighted by Gasteiger charge is -2.30. The number of nitrogens with two attached hydrogens (primary N) is 1. The van der Waals surface area contributed by atoms with Crippen LogP contribution < -0.4 is 11.1 Å². The van der Waals surface area contributed by atoms with Crippen LogP contribution in [0, 0.1) is 11.8 Å². The molecule has 2 saturated carbocycles. The van der Waals surface area contributed by atoms with Crippen LogP contribution in [0.2, 0.25) is 0 Å². The Hall–Kier alpha value is -0.570. The fourth-order valence-corrected chi connectivity index (χ4v) is 1.70. The Kier molecular flexibility index (Phi) is 2.54. The quantitative estimate of drug-likeness (QED) is 0.670. The summed E-state index contributed by atoms with van der Waals surface area (Å²) < 4.78 is 0. The van der Waals surface area contributed by atoms with Gasteiger partial charge in [0.2, 0.25) is 5.91 Å². The predicted octanol–water partition coefficient (Wildman–Crippen LogP) is 0.640. The second-order valence-electron chi connectivity index (χ2n) is 4.41. The lowest BCUT2D eigenvalue weighted by molar-refractivity contribution is -0.124. The zero-order chi connectivity index (χ0) is 9.26. The van der Waals surface area contributed by atoms with Crippen LogP contribution in [-0.4, -0.2) is 18.5 Å². The summed E-state index contributed by atoms with van der Waals surface area (Å²) in [7, 11) is 0. The van der Waals surface area contributed by atoms with Crippen molar-refractivity contribution in [1.82, 2.24) is 5.32 Å². The minimum atomic E-state index is -0.243. The molecule has 0 aromatic carbocycles. The van der Waals surface area contributed by atoms with E-state index >= 15 is 0 Å². The zero-order valence-electron chi connectivity index (χ0n) is 7.96. The Morgan fingerprint density at radius 2 is 2.08 bits per heavy atom. The Morgan fingerprint density at radius 1 is 1.38 bits per heavy atom. The topological polar surface area (TPSA) is 55.1 Å². The van der Waals surface area contributed by atoms with E-state index in [2.05, 4.69) is 5.32 Å². The number of amides is 1. The van der Waals surface area contributed by atoms with Crippen LogP contribution in [0.1, 0.15) is 32.1 Å². The van der Waals surface area contributed by atoms with Crippen LogP contribution in [0.4, 0.5) is 0 Å². The number of carbonyl (C=O) groups excluding carboxylic acids is 1. The van der Waals surface area contributed by atoms with Gasteiger partial charge in [-0.1, -0.05) is 6.42 Å². The van der Waals surface area contributed by atoms with Crippen LogP contribution in [0.25, 0.3) is 0 Å². The summed E-state index contributed by atoms with van der Waals surface area (Å²) in [5.41, 5.74) is 5.82. The molecular formula is C10H18N2O.